The van der Waals surface area contributed by atoms with Gasteiger partial charge in [0.2, 0.25) is 11.1 Å². The average Bonchev–Trinajstić information content (AvgIpc) is 3.31. The maximum absolute atomic E-state index is 12.9. The van der Waals surface area contributed by atoms with Crippen LogP contribution in [0.1, 0.15) is 36.3 Å². The summed E-state index contributed by atoms with van der Waals surface area (Å²) in [6, 6.07) is 0. The lowest BCUT2D eigenvalue weighted by Gasteiger charge is -2.35. The Hall–Kier alpha value is -1.22. The molecule has 0 bridgehead atoms. The van der Waals surface area contributed by atoms with Crippen LogP contribution in [0.4, 0.5) is 0 Å². The van der Waals surface area contributed by atoms with Gasteiger partial charge in [-0.2, -0.15) is 4.98 Å². The second-order valence-electron chi connectivity index (χ2n) is 7.07. The smallest absolute Gasteiger partial charge is 0.293 e. The van der Waals surface area contributed by atoms with Gasteiger partial charge in [-0.05, 0) is 56.3 Å². The second-order valence-corrected chi connectivity index (χ2v) is 7.43. The van der Waals surface area contributed by atoms with Crippen molar-refractivity contribution in [2.24, 2.45) is 5.92 Å². The van der Waals surface area contributed by atoms with Gasteiger partial charge in [0, 0.05) is 33.4 Å². The summed E-state index contributed by atoms with van der Waals surface area (Å²) in [6.45, 7) is 5.90. The van der Waals surface area contributed by atoms with Gasteiger partial charge in [0.25, 0.3) is 5.91 Å². The van der Waals surface area contributed by atoms with E-state index in [0.717, 1.165) is 58.5 Å². The molecule has 1 aromatic rings. The number of amides is 1. The number of hydrogen-bond donors (Lipinski definition) is 1. The van der Waals surface area contributed by atoms with Gasteiger partial charge in [-0.15, -0.1) is 5.10 Å². The van der Waals surface area contributed by atoms with E-state index in [1.807, 2.05) is 4.90 Å². The van der Waals surface area contributed by atoms with E-state index in [0.29, 0.717) is 19.0 Å². The van der Waals surface area contributed by atoms with E-state index in [1.165, 1.54) is 0 Å². The van der Waals surface area contributed by atoms with Crippen molar-refractivity contribution in [3.05, 3.63) is 11.1 Å². The molecule has 0 aromatic carbocycles. The van der Waals surface area contributed by atoms with Crippen LogP contribution < -0.4 is 0 Å². The highest BCUT2D eigenvalue weighted by Gasteiger charge is 2.29. The van der Waals surface area contributed by atoms with Gasteiger partial charge in [0.15, 0.2) is 0 Å². The maximum atomic E-state index is 12.9. The van der Waals surface area contributed by atoms with Crippen molar-refractivity contribution in [2.75, 3.05) is 53.0 Å². The Bertz CT molecular complexity index is 570. The second kappa shape index (κ2) is 9.64. The third kappa shape index (κ3) is 5.39. The number of carbonyl (C=O) groups excluding carboxylic acids is 1. The van der Waals surface area contributed by atoms with Gasteiger partial charge in [-0.1, -0.05) is 0 Å². The number of rotatable bonds is 8. The number of ether oxygens (including phenoxy) is 2. The van der Waals surface area contributed by atoms with Crippen LogP contribution >= 0.6 is 11.6 Å². The summed E-state index contributed by atoms with van der Waals surface area (Å²) in [5.74, 6) is 0.435. The Kier molecular flexibility index (Phi) is 7.24. The number of nitrogens with zero attached hydrogens (tertiary/aromatic N) is 4. The van der Waals surface area contributed by atoms with Crippen LogP contribution in [0.5, 0.6) is 0 Å². The van der Waals surface area contributed by atoms with Crippen molar-refractivity contribution >= 4 is 17.5 Å². The molecule has 3 rings (SSSR count). The molecule has 0 spiro atoms. The minimum Gasteiger partial charge on any atom is -0.383 e. The first-order valence-electron chi connectivity index (χ1n) is 9.35. The molecule has 2 aliphatic heterocycles. The molecule has 8 nitrogen and oxygen atoms in total. The molecule has 2 aliphatic rings. The molecule has 3 heterocycles. The maximum Gasteiger partial charge on any atom is 0.293 e. The highest BCUT2D eigenvalue weighted by atomic mass is 35.5. The molecule has 0 unspecified atom stereocenters. The van der Waals surface area contributed by atoms with E-state index in [-0.39, 0.29) is 23.1 Å². The van der Waals surface area contributed by atoms with Crippen molar-refractivity contribution in [2.45, 2.75) is 31.8 Å². The fraction of sp³-hybridized carbons (Fsp3) is 0.824. The number of aromatic amines is 1. The zero-order valence-electron chi connectivity index (χ0n) is 15.3. The lowest BCUT2D eigenvalue weighted by atomic mass is 9.96. The summed E-state index contributed by atoms with van der Waals surface area (Å²) in [5, 5.41) is 6.60. The number of carbonyl (C=O) groups is 1. The minimum atomic E-state index is -0.175. The molecular weight excluding hydrogens is 358 g/mol. The van der Waals surface area contributed by atoms with Crippen molar-refractivity contribution in [3.63, 3.8) is 0 Å². The van der Waals surface area contributed by atoms with Gasteiger partial charge in [0.05, 0.1) is 12.7 Å². The number of H-pyrrole nitrogens is 1. The van der Waals surface area contributed by atoms with Gasteiger partial charge in [-0.3, -0.25) is 4.79 Å². The van der Waals surface area contributed by atoms with Gasteiger partial charge in [0.1, 0.15) is 0 Å². The van der Waals surface area contributed by atoms with Crippen LogP contribution in [0.25, 0.3) is 0 Å². The highest BCUT2D eigenvalue weighted by Crippen LogP contribution is 2.21. The van der Waals surface area contributed by atoms with E-state index >= 15 is 0 Å². The summed E-state index contributed by atoms with van der Waals surface area (Å²) >= 11 is 5.79. The number of likely N-dealkylation sites (tertiary alicyclic amines) is 1. The van der Waals surface area contributed by atoms with Crippen LogP contribution in [0.2, 0.25) is 5.28 Å². The van der Waals surface area contributed by atoms with Crippen LogP contribution in [-0.4, -0.2) is 90.0 Å². The lowest BCUT2D eigenvalue weighted by Crippen LogP contribution is -2.44. The lowest BCUT2D eigenvalue weighted by molar-refractivity contribution is 0.0428. The Morgan fingerprint density at radius 1 is 1.38 bits per heavy atom. The Balaban J connectivity index is 1.57. The predicted octanol–water partition coefficient (Wildman–Crippen LogP) is 1.44. The predicted molar refractivity (Wildman–Crippen MR) is 97.3 cm³/mol. The van der Waals surface area contributed by atoms with Gasteiger partial charge < -0.3 is 19.3 Å². The van der Waals surface area contributed by atoms with E-state index in [4.69, 9.17) is 21.1 Å². The van der Waals surface area contributed by atoms with Crippen molar-refractivity contribution in [1.82, 2.24) is 25.0 Å². The molecular formula is C17H28ClN5O3. The number of methoxy groups -OCH3 is 1. The van der Waals surface area contributed by atoms with E-state index < -0.39 is 0 Å². The molecule has 146 valence electrons. The zero-order valence-corrected chi connectivity index (χ0v) is 16.1. The van der Waals surface area contributed by atoms with Crippen LogP contribution in [-0.2, 0) is 9.47 Å². The third-order valence-corrected chi connectivity index (χ3v) is 5.35. The molecule has 1 amide bonds. The Morgan fingerprint density at radius 2 is 2.19 bits per heavy atom. The topological polar surface area (TPSA) is 83.6 Å². The first-order chi connectivity index (χ1) is 12.7. The highest BCUT2D eigenvalue weighted by molar-refractivity contribution is 6.28. The van der Waals surface area contributed by atoms with Gasteiger partial charge >= 0.3 is 0 Å². The van der Waals surface area contributed by atoms with Crippen molar-refractivity contribution < 1.29 is 14.3 Å². The van der Waals surface area contributed by atoms with Crippen LogP contribution in [0, 0.1) is 5.92 Å². The number of halogens is 1. The van der Waals surface area contributed by atoms with Crippen LogP contribution in [0.3, 0.4) is 0 Å². The first-order valence-corrected chi connectivity index (χ1v) is 9.73. The monoisotopic (exact) mass is 385 g/mol. The zero-order chi connectivity index (χ0) is 18.4. The van der Waals surface area contributed by atoms with Crippen LogP contribution in [0.15, 0.2) is 0 Å². The molecule has 1 N–H and O–H groups in total. The molecule has 0 aliphatic carbocycles. The molecule has 1 atom stereocenters. The minimum absolute atomic E-state index is 0.107. The number of hydrogen-bond acceptors (Lipinski definition) is 6. The summed E-state index contributed by atoms with van der Waals surface area (Å²) in [4.78, 5) is 21.1. The van der Waals surface area contributed by atoms with E-state index in [1.54, 1.807) is 7.11 Å². The molecule has 26 heavy (non-hydrogen) atoms. The van der Waals surface area contributed by atoms with E-state index in [2.05, 4.69) is 20.1 Å². The van der Waals surface area contributed by atoms with E-state index in [9.17, 15) is 4.79 Å². The molecule has 2 saturated heterocycles. The summed E-state index contributed by atoms with van der Waals surface area (Å²) in [6.07, 6.45) is 4.31. The summed E-state index contributed by atoms with van der Waals surface area (Å²) in [7, 11) is 1.73. The average molecular weight is 386 g/mol. The number of piperidine rings is 1. The quantitative estimate of drug-likeness (QED) is 0.729. The summed E-state index contributed by atoms with van der Waals surface area (Å²) in [5.41, 5.74) is 0. The summed E-state index contributed by atoms with van der Waals surface area (Å²) < 4.78 is 10.9. The molecule has 0 saturated carbocycles. The molecule has 0 radical (unpaired) electrons. The van der Waals surface area contributed by atoms with Crippen molar-refractivity contribution in [3.8, 4) is 0 Å². The first kappa shape index (κ1) is 19.5. The molecule has 9 heteroatoms. The molecule has 1 aromatic heterocycles. The van der Waals surface area contributed by atoms with Crippen molar-refractivity contribution in [1.29, 1.82) is 0 Å². The Morgan fingerprint density at radius 3 is 2.81 bits per heavy atom. The Labute approximate surface area is 159 Å². The fourth-order valence-corrected chi connectivity index (χ4v) is 3.80. The fourth-order valence-electron chi connectivity index (χ4n) is 3.68. The number of nitrogens with one attached hydrogen (secondary N) is 1. The van der Waals surface area contributed by atoms with Gasteiger partial charge in [-0.25, -0.2) is 5.10 Å². The SMILES string of the molecule is COCCN1CCC(CN(C[C@H]2CCCO2)C(=O)c2n[nH]c(Cl)n2)CC1. The number of aromatic nitrogens is 3. The largest absolute Gasteiger partial charge is 0.383 e. The third-order valence-electron chi connectivity index (χ3n) is 5.18. The standard InChI is InChI=1S/C17H28ClN5O3/c1-25-10-8-22-6-4-13(5-7-22)11-23(12-14-3-2-9-26-14)16(24)15-19-17(18)21-20-15/h13-14H,2-12H2,1H3,(H,19,20,21)/t14-/m1/s1. The normalized spacial score (nSPS) is 22.0. The molecule has 2 fully saturated rings.